The van der Waals surface area contributed by atoms with Crippen LogP contribution in [0.25, 0.3) is 11.0 Å². The zero-order valence-electron chi connectivity index (χ0n) is 15.2. The van der Waals surface area contributed by atoms with Crippen molar-refractivity contribution in [3.8, 4) is 0 Å². The van der Waals surface area contributed by atoms with Gasteiger partial charge >= 0.3 is 0 Å². The van der Waals surface area contributed by atoms with E-state index in [9.17, 15) is 0 Å². The quantitative estimate of drug-likeness (QED) is 0.700. The number of likely N-dealkylation sites (tertiary alicyclic amines) is 1. The first kappa shape index (κ1) is 17.4. The number of anilines is 1. The Morgan fingerprint density at radius 2 is 1.81 bits per heavy atom. The molecule has 0 amide bonds. The van der Waals surface area contributed by atoms with E-state index in [2.05, 4.69) is 40.0 Å². The van der Waals surface area contributed by atoms with E-state index in [-0.39, 0.29) is 0 Å². The molecule has 0 aliphatic carbocycles. The van der Waals surface area contributed by atoms with Crippen molar-refractivity contribution in [2.24, 2.45) is 7.05 Å². The second-order valence-corrected chi connectivity index (χ2v) is 7.54. The van der Waals surface area contributed by atoms with E-state index in [4.69, 9.17) is 16.6 Å². The minimum Gasteiger partial charge on any atom is -0.381 e. The lowest BCUT2D eigenvalue weighted by molar-refractivity contribution is 0.214. The smallest absolute Gasteiger partial charge is 0.123 e. The molecule has 0 atom stereocenters. The van der Waals surface area contributed by atoms with Crippen molar-refractivity contribution in [1.82, 2.24) is 14.5 Å². The highest BCUT2D eigenvalue weighted by Crippen LogP contribution is 2.22. The number of nitrogens with one attached hydrogen (secondary N) is 1. The second-order valence-electron chi connectivity index (χ2n) is 7.11. The average molecular weight is 369 g/mol. The van der Waals surface area contributed by atoms with Crippen LogP contribution in [0.4, 0.5) is 5.69 Å². The van der Waals surface area contributed by atoms with Crippen molar-refractivity contribution in [2.75, 3.05) is 18.4 Å². The number of hydrogen-bond acceptors (Lipinski definition) is 3. The normalized spacial score (nSPS) is 15.5. The van der Waals surface area contributed by atoms with E-state index in [1.807, 2.05) is 24.3 Å². The number of rotatable bonds is 5. The van der Waals surface area contributed by atoms with Crippen LogP contribution in [0.15, 0.2) is 42.5 Å². The second kappa shape index (κ2) is 7.68. The highest BCUT2D eigenvalue weighted by atomic mass is 35.5. The third kappa shape index (κ3) is 3.87. The lowest BCUT2D eigenvalue weighted by atomic mass is 10.1. The standard InChI is InChI=1S/C21H25ClN4/c1-25-20-10-9-18(23-14-16-5-7-17(22)8-6-16)13-19(20)24-21(25)15-26-11-3-2-4-12-26/h5-10,13,23H,2-4,11-12,14-15H2,1H3. The number of aryl methyl sites for hydroxylation is 1. The number of imidazole rings is 1. The van der Waals surface area contributed by atoms with Gasteiger partial charge in [-0.25, -0.2) is 4.98 Å². The van der Waals surface area contributed by atoms with Gasteiger partial charge < -0.3 is 9.88 Å². The number of benzene rings is 2. The molecular formula is C21H25ClN4. The van der Waals surface area contributed by atoms with Gasteiger partial charge in [0, 0.05) is 24.3 Å². The molecule has 1 aromatic heterocycles. The van der Waals surface area contributed by atoms with Crippen molar-refractivity contribution in [1.29, 1.82) is 0 Å². The average Bonchev–Trinajstić information content (AvgIpc) is 2.97. The Balaban J connectivity index is 1.48. The van der Waals surface area contributed by atoms with Crippen molar-refractivity contribution in [3.05, 3.63) is 58.9 Å². The van der Waals surface area contributed by atoms with Gasteiger partial charge in [-0.2, -0.15) is 0 Å². The van der Waals surface area contributed by atoms with Crippen LogP contribution in [0.1, 0.15) is 30.7 Å². The van der Waals surface area contributed by atoms with Crippen molar-refractivity contribution < 1.29 is 0 Å². The molecule has 1 saturated heterocycles. The maximum absolute atomic E-state index is 5.95. The number of fused-ring (bicyclic) bond motifs is 1. The van der Waals surface area contributed by atoms with Crippen LogP contribution in [0, 0.1) is 0 Å². The fourth-order valence-corrected chi connectivity index (χ4v) is 3.75. The summed E-state index contributed by atoms with van der Waals surface area (Å²) in [5.74, 6) is 1.15. The first-order chi connectivity index (χ1) is 12.7. The third-order valence-electron chi connectivity index (χ3n) is 5.20. The highest BCUT2D eigenvalue weighted by Gasteiger charge is 2.15. The summed E-state index contributed by atoms with van der Waals surface area (Å²) in [6, 6.07) is 14.4. The fraction of sp³-hybridized carbons (Fsp3) is 0.381. The van der Waals surface area contributed by atoms with E-state index >= 15 is 0 Å². The Morgan fingerprint density at radius 3 is 2.58 bits per heavy atom. The van der Waals surface area contributed by atoms with Crippen LogP contribution in [0.2, 0.25) is 5.02 Å². The Labute approximate surface area is 159 Å². The van der Waals surface area contributed by atoms with Crippen molar-refractivity contribution >= 4 is 28.3 Å². The summed E-state index contributed by atoms with van der Waals surface area (Å²) >= 11 is 5.95. The predicted molar refractivity (Wildman–Crippen MR) is 109 cm³/mol. The van der Waals surface area contributed by atoms with Gasteiger partial charge in [-0.1, -0.05) is 30.2 Å². The Kier molecular flexibility index (Phi) is 5.14. The number of halogens is 1. The number of piperidine rings is 1. The fourth-order valence-electron chi connectivity index (χ4n) is 3.62. The van der Waals surface area contributed by atoms with Crippen LogP contribution in [0.3, 0.4) is 0 Å². The van der Waals surface area contributed by atoms with E-state index < -0.39 is 0 Å². The molecule has 1 aliphatic heterocycles. The van der Waals surface area contributed by atoms with E-state index in [0.29, 0.717) is 0 Å². The van der Waals surface area contributed by atoms with E-state index in [1.165, 1.54) is 43.4 Å². The topological polar surface area (TPSA) is 33.1 Å². The van der Waals surface area contributed by atoms with Gasteiger partial charge in [0.1, 0.15) is 5.82 Å². The molecule has 5 heteroatoms. The minimum atomic E-state index is 0.768. The molecule has 0 unspecified atom stereocenters. The van der Waals surface area contributed by atoms with Gasteiger partial charge in [0.2, 0.25) is 0 Å². The summed E-state index contributed by atoms with van der Waals surface area (Å²) in [5, 5.41) is 4.25. The monoisotopic (exact) mass is 368 g/mol. The first-order valence-electron chi connectivity index (χ1n) is 9.35. The minimum absolute atomic E-state index is 0.768. The molecule has 0 radical (unpaired) electrons. The van der Waals surface area contributed by atoms with Gasteiger partial charge in [-0.3, -0.25) is 4.90 Å². The zero-order valence-corrected chi connectivity index (χ0v) is 16.0. The molecule has 4 nitrogen and oxygen atoms in total. The molecule has 136 valence electrons. The summed E-state index contributed by atoms with van der Waals surface area (Å²) in [4.78, 5) is 7.42. The van der Waals surface area contributed by atoms with Crippen LogP contribution in [-0.4, -0.2) is 27.5 Å². The molecule has 4 rings (SSSR count). The number of aromatic nitrogens is 2. The molecular weight excluding hydrogens is 344 g/mol. The lowest BCUT2D eigenvalue weighted by Gasteiger charge is -2.25. The van der Waals surface area contributed by atoms with E-state index in [0.717, 1.165) is 35.1 Å². The van der Waals surface area contributed by atoms with Gasteiger partial charge in [-0.15, -0.1) is 0 Å². The van der Waals surface area contributed by atoms with Crippen molar-refractivity contribution in [3.63, 3.8) is 0 Å². The molecule has 0 bridgehead atoms. The molecule has 1 N–H and O–H groups in total. The summed E-state index contributed by atoms with van der Waals surface area (Å²) in [7, 11) is 2.12. The van der Waals surface area contributed by atoms with Gasteiger partial charge in [-0.05, 0) is 61.8 Å². The maximum atomic E-state index is 5.95. The molecule has 0 spiro atoms. The predicted octanol–water partition coefficient (Wildman–Crippen LogP) is 4.82. The Hall–Kier alpha value is -2.04. The molecule has 1 fully saturated rings. The van der Waals surface area contributed by atoms with Crippen LogP contribution >= 0.6 is 11.6 Å². The van der Waals surface area contributed by atoms with Crippen LogP contribution in [-0.2, 0) is 20.1 Å². The molecule has 2 heterocycles. The highest BCUT2D eigenvalue weighted by molar-refractivity contribution is 6.30. The summed E-state index contributed by atoms with van der Waals surface area (Å²) in [6.45, 7) is 4.10. The van der Waals surface area contributed by atoms with Gasteiger partial charge in [0.05, 0.1) is 17.6 Å². The van der Waals surface area contributed by atoms with Gasteiger partial charge in [0.25, 0.3) is 0 Å². The number of nitrogens with zero attached hydrogens (tertiary/aromatic N) is 3. The lowest BCUT2D eigenvalue weighted by Crippen LogP contribution is -2.30. The first-order valence-corrected chi connectivity index (χ1v) is 9.73. The third-order valence-corrected chi connectivity index (χ3v) is 5.45. The Morgan fingerprint density at radius 1 is 1.04 bits per heavy atom. The SMILES string of the molecule is Cn1c(CN2CCCCC2)nc2cc(NCc3ccc(Cl)cc3)ccc21. The zero-order chi connectivity index (χ0) is 17.9. The maximum Gasteiger partial charge on any atom is 0.123 e. The molecule has 1 aliphatic rings. The molecule has 0 saturated carbocycles. The van der Waals surface area contributed by atoms with Crippen LogP contribution < -0.4 is 5.32 Å². The Bertz CT molecular complexity index is 879. The number of hydrogen-bond donors (Lipinski definition) is 1. The van der Waals surface area contributed by atoms with E-state index in [1.54, 1.807) is 0 Å². The van der Waals surface area contributed by atoms with Crippen molar-refractivity contribution in [2.45, 2.75) is 32.4 Å². The molecule has 2 aromatic carbocycles. The molecule has 3 aromatic rings. The molecule has 26 heavy (non-hydrogen) atoms. The van der Waals surface area contributed by atoms with Gasteiger partial charge in [0.15, 0.2) is 0 Å². The largest absolute Gasteiger partial charge is 0.381 e. The summed E-state index contributed by atoms with van der Waals surface area (Å²) in [5.41, 5.74) is 4.55. The van der Waals surface area contributed by atoms with Crippen LogP contribution in [0.5, 0.6) is 0 Å². The summed E-state index contributed by atoms with van der Waals surface area (Å²) in [6.07, 6.45) is 3.98. The summed E-state index contributed by atoms with van der Waals surface area (Å²) < 4.78 is 2.23.